The van der Waals surface area contributed by atoms with Crippen LogP contribution in [0, 0.1) is 18.7 Å². The molecule has 1 aliphatic carbocycles. The summed E-state index contributed by atoms with van der Waals surface area (Å²) < 4.78 is 15.9. The molecule has 0 saturated heterocycles. The van der Waals surface area contributed by atoms with Crippen LogP contribution in [-0.2, 0) is 4.84 Å². The van der Waals surface area contributed by atoms with Crippen molar-refractivity contribution in [2.45, 2.75) is 19.8 Å². The Hall–Kier alpha value is -3.00. The number of rotatable bonds is 6. The summed E-state index contributed by atoms with van der Waals surface area (Å²) in [7, 11) is 0. The molecule has 1 saturated carbocycles. The van der Waals surface area contributed by atoms with Crippen molar-refractivity contribution >= 4 is 22.9 Å². The summed E-state index contributed by atoms with van der Waals surface area (Å²) in [6.45, 7) is 2.29. The molecule has 0 radical (unpaired) electrons. The number of aryl methyl sites for hydroxylation is 1. The third-order valence-corrected chi connectivity index (χ3v) is 4.23. The van der Waals surface area contributed by atoms with Gasteiger partial charge in [0.2, 0.25) is 0 Å². The van der Waals surface area contributed by atoms with Gasteiger partial charge < -0.3 is 5.32 Å². The number of halogens is 1. The third kappa shape index (κ3) is 3.36. The second-order valence-electron chi connectivity index (χ2n) is 6.44. The Kier molecular flexibility index (Phi) is 4.26. The molecule has 8 heteroatoms. The number of nitrogens with zero attached hydrogens (tertiary/aromatic N) is 3. The molecule has 1 aliphatic rings. The van der Waals surface area contributed by atoms with Crippen molar-refractivity contribution in [3.05, 3.63) is 54.0 Å². The molecule has 1 aromatic carbocycles. The minimum atomic E-state index is -0.503. The van der Waals surface area contributed by atoms with Gasteiger partial charge in [-0.25, -0.2) is 19.8 Å². The van der Waals surface area contributed by atoms with Crippen LogP contribution in [0.1, 0.15) is 28.9 Å². The number of hydroxylamine groups is 1. The number of fused-ring (bicyclic) bond motifs is 1. The molecule has 7 nitrogen and oxygen atoms in total. The largest absolute Gasteiger partial charge is 0.337 e. The maximum absolute atomic E-state index is 14.3. The number of carbonyl (C=O) groups is 1. The van der Waals surface area contributed by atoms with Crippen LogP contribution < -0.4 is 10.8 Å². The fourth-order valence-electron chi connectivity index (χ4n) is 2.59. The number of benzene rings is 1. The molecule has 26 heavy (non-hydrogen) atoms. The molecule has 2 heterocycles. The lowest BCUT2D eigenvalue weighted by Crippen LogP contribution is -2.27. The molecule has 3 aromatic rings. The van der Waals surface area contributed by atoms with Crippen molar-refractivity contribution in [3.63, 3.8) is 0 Å². The summed E-state index contributed by atoms with van der Waals surface area (Å²) in [6.07, 6.45) is 6.91. The van der Waals surface area contributed by atoms with Crippen LogP contribution in [0.2, 0.25) is 0 Å². The molecular formula is C18H18FN5O2. The summed E-state index contributed by atoms with van der Waals surface area (Å²) in [5.74, 6) is -0.0938. The van der Waals surface area contributed by atoms with E-state index >= 15 is 0 Å². The number of aromatic nitrogens is 3. The van der Waals surface area contributed by atoms with E-state index < -0.39 is 11.7 Å². The number of hydrogen-bond donors (Lipinski definition) is 2. The minimum Gasteiger partial charge on any atom is -0.337 e. The second-order valence-corrected chi connectivity index (χ2v) is 6.44. The van der Waals surface area contributed by atoms with Crippen LogP contribution in [0.25, 0.3) is 5.52 Å². The topological polar surface area (TPSA) is 80.5 Å². The van der Waals surface area contributed by atoms with Gasteiger partial charge in [-0.1, -0.05) is 6.07 Å². The maximum Gasteiger partial charge on any atom is 0.297 e. The lowest BCUT2D eigenvalue weighted by molar-refractivity contribution is 0.0266. The van der Waals surface area contributed by atoms with E-state index in [9.17, 15) is 9.18 Å². The number of nitrogens with one attached hydrogen (secondary N) is 2. The molecule has 0 unspecified atom stereocenters. The number of carbonyl (C=O) groups excluding carboxylic acids is 1. The van der Waals surface area contributed by atoms with Crippen LogP contribution in [0.15, 0.2) is 36.9 Å². The SMILES string of the molecule is Cc1ccc(Nc2c(C(=O)NOCC3CC3)ncc3cncn23)c(F)c1. The van der Waals surface area contributed by atoms with Crippen molar-refractivity contribution in [1.29, 1.82) is 0 Å². The van der Waals surface area contributed by atoms with Crippen LogP contribution in [0.4, 0.5) is 15.9 Å². The van der Waals surface area contributed by atoms with Gasteiger partial charge in [0.05, 0.1) is 30.2 Å². The van der Waals surface area contributed by atoms with Gasteiger partial charge in [-0.2, -0.15) is 0 Å². The zero-order valence-corrected chi connectivity index (χ0v) is 14.2. The summed E-state index contributed by atoms with van der Waals surface area (Å²) in [5, 5.41) is 2.96. The van der Waals surface area contributed by atoms with Crippen LogP contribution in [-0.4, -0.2) is 26.9 Å². The Labute approximate surface area is 149 Å². The highest BCUT2D eigenvalue weighted by Crippen LogP contribution is 2.28. The first-order chi connectivity index (χ1) is 12.6. The zero-order chi connectivity index (χ0) is 18.1. The number of imidazole rings is 1. The van der Waals surface area contributed by atoms with E-state index in [2.05, 4.69) is 20.8 Å². The highest BCUT2D eigenvalue weighted by molar-refractivity contribution is 5.97. The average Bonchev–Trinajstić information content (AvgIpc) is 3.31. The van der Waals surface area contributed by atoms with E-state index in [0.29, 0.717) is 23.9 Å². The van der Waals surface area contributed by atoms with E-state index in [1.54, 1.807) is 29.7 Å². The maximum atomic E-state index is 14.3. The Morgan fingerprint density at radius 2 is 2.23 bits per heavy atom. The van der Waals surface area contributed by atoms with Crippen molar-refractivity contribution < 1.29 is 14.0 Å². The van der Waals surface area contributed by atoms with Gasteiger partial charge in [0.1, 0.15) is 18.0 Å². The average molecular weight is 355 g/mol. The molecule has 0 spiro atoms. The molecule has 2 N–H and O–H groups in total. The van der Waals surface area contributed by atoms with Gasteiger partial charge in [-0.3, -0.25) is 14.0 Å². The van der Waals surface area contributed by atoms with Gasteiger partial charge in [0, 0.05) is 0 Å². The van der Waals surface area contributed by atoms with Crippen molar-refractivity contribution in [3.8, 4) is 0 Å². The molecule has 1 amide bonds. The first-order valence-corrected chi connectivity index (χ1v) is 8.38. The molecule has 1 fully saturated rings. The monoisotopic (exact) mass is 355 g/mol. The lowest BCUT2D eigenvalue weighted by atomic mass is 10.2. The quantitative estimate of drug-likeness (QED) is 0.665. The summed E-state index contributed by atoms with van der Waals surface area (Å²) in [4.78, 5) is 26.0. The second kappa shape index (κ2) is 6.72. The van der Waals surface area contributed by atoms with E-state index in [1.165, 1.54) is 18.6 Å². The van der Waals surface area contributed by atoms with Crippen molar-refractivity contribution in [1.82, 2.24) is 19.8 Å². The molecular weight excluding hydrogens is 337 g/mol. The highest BCUT2D eigenvalue weighted by Gasteiger charge is 2.23. The Morgan fingerprint density at radius 1 is 1.38 bits per heavy atom. The normalized spacial score (nSPS) is 13.8. The van der Waals surface area contributed by atoms with E-state index in [4.69, 9.17) is 4.84 Å². The Morgan fingerprint density at radius 3 is 3.00 bits per heavy atom. The molecule has 0 atom stereocenters. The number of hydrogen-bond acceptors (Lipinski definition) is 5. The van der Waals surface area contributed by atoms with Gasteiger partial charge in [-0.05, 0) is 43.4 Å². The molecule has 2 aromatic heterocycles. The van der Waals surface area contributed by atoms with E-state index in [0.717, 1.165) is 18.4 Å². The van der Waals surface area contributed by atoms with Gasteiger partial charge in [-0.15, -0.1) is 0 Å². The Bertz CT molecular complexity index is 967. The molecule has 0 bridgehead atoms. The Balaban J connectivity index is 1.65. The lowest BCUT2D eigenvalue weighted by Gasteiger charge is -2.14. The summed E-state index contributed by atoms with van der Waals surface area (Å²) in [6, 6.07) is 4.82. The number of amides is 1. The molecule has 4 rings (SSSR count). The predicted octanol–water partition coefficient (Wildman–Crippen LogP) is 2.99. The van der Waals surface area contributed by atoms with E-state index in [1.807, 2.05) is 0 Å². The molecule has 0 aliphatic heterocycles. The standard InChI is InChI=1S/C18H18FN5O2/c1-11-2-5-15(14(19)6-11)22-17-16(18(25)23-26-9-12-3-4-12)21-8-13-7-20-10-24(13)17/h2,5-8,10,12,22H,3-4,9H2,1H3,(H,23,25). The fraction of sp³-hybridized carbons (Fsp3) is 0.278. The van der Waals surface area contributed by atoms with Gasteiger partial charge in [0.25, 0.3) is 5.91 Å². The smallest absolute Gasteiger partial charge is 0.297 e. The predicted molar refractivity (Wildman–Crippen MR) is 93.5 cm³/mol. The van der Waals surface area contributed by atoms with Crippen LogP contribution in [0.5, 0.6) is 0 Å². The minimum absolute atomic E-state index is 0.0891. The zero-order valence-electron chi connectivity index (χ0n) is 14.2. The van der Waals surface area contributed by atoms with Crippen molar-refractivity contribution in [2.24, 2.45) is 5.92 Å². The molecule has 134 valence electrons. The van der Waals surface area contributed by atoms with Crippen LogP contribution >= 0.6 is 0 Å². The highest BCUT2D eigenvalue weighted by atomic mass is 19.1. The van der Waals surface area contributed by atoms with Gasteiger partial charge in [0.15, 0.2) is 5.69 Å². The van der Waals surface area contributed by atoms with E-state index in [-0.39, 0.29) is 11.4 Å². The first-order valence-electron chi connectivity index (χ1n) is 8.38. The fourth-order valence-corrected chi connectivity index (χ4v) is 2.59. The third-order valence-electron chi connectivity index (χ3n) is 4.23. The van der Waals surface area contributed by atoms with Crippen molar-refractivity contribution in [2.75, 3.05) is 11.9 Å². The summed E-state index contributed by atoms with van der Waals surface area (Å²) in [5.41, 5.74) is 4.22. The van der Waals surface area contributed by atoms with Crippen LogP contribution in [0.3, 0.4) is 0 Å². The first kappa shape index (κ1) is 16.5. The summed E-state index contributed by atoms with van der Waals surface area (Å²) >= 11 is 0. The van der Waals surface area contributed by atoms with Gasteiger partial charge >= 0.3 is 0 Å². The number of anilines is 2.